The molecule has 2 aromatic heterocycles. The number of hydrogen-bond donors (Lipinski definition) is 0. The third kappa shape index (κ3) is 2.37. The highest BCUT2D eigenvalue weighted by molar-refractivity contribution is 7.08. The molecule has 0 aliphatic heterocycles. The maximum atomic E-state index is 12.6. The average Bonchev–Trinajstić information content (AvgIpc) is 3.03. The Kier molecular flexibility index (Phi) is 3.94. The first-order valence-corrected chi connectivity index (χ1v) is 6.84. The highest BCUT2D eigenvalue weighted by Gasteiger charge is 2.26. The summed E-state index contributed by atoms with van der Waals surface area (Å²) in [7, 11) is 1.53. The van der Waals surface area contributed by atoms with E-state index in [4.69, 9.17) is 4.74 Å². The van der Waals surface area contributed by atoms with E-state index in [0.29, 0.717) is 22.9 Å². The highest BCUT2D eigenvalue weighted by Crippen LogP contribution is 2.27. The fraction of sp³-hybridized carbons (Fsp3) is 0.500. The average molecular weight is 280 g/mol. The molecular formula is C12H16N4O2S. The summed E-state index contributed by atoms with van der Waals surface area (Å²) in [5.74, 6) is 0.506. The molecule has 6 nitrogen and oxygen atoms in total. The summed E-state index contributed by atoms with van der Waals surface area (Å²) in [6, 6.07) is 0. The Labute approximate surface area is 115 Å². The van der Waals surface area contributed by atoms with Gasteiger partial charge in [-0.15, -0.1) is 5.10 Å². The van der Waals surface area contributed by atoms with Crippen LogP contribution in [0.25, 0.3) is 0 Å². The SMILES string of the molecule is CCn1ncc(OC)c1C(=O)c1snnc1C(C)C. The standard InChI is InChI=1S/C12H16N4O2S/c1-5-16-10(8(18-4)6-13-16)11(17)12-9(7(2)3)14-15-19-12/h6-7H,5H2,1-4H3. The molecule has 2 aromatic rings. The van der Waals surface area contributed by atoms with E-state index < -0.39 is 0 Å². The molecule has 0 radical (unpaired) electrons. The van der Waals surface area contributed by atoms with Crippen LogP contribution >= 0.6 is 11.5 Å². The van der Waals surface area contributed by atoms with Crippen LogP contribution in [0.15, 0.2) is 6.20 Å². The second-order valence-electron chi connectivity index (χ2n) is 4.35. The number of carbonyl (C=O) groups excluding carboxylic acids is 1. The van der Waals surface area contributed by atoms with Crippen LogP contribution < -0.4 is 4.74 Å². The summed E-state index contributed by atoms with van der Waals surface area (Å²) < 4.78 is 10.7. The Bertz CT molecular complexity index is 567. The number of ketones is 1. The van der Waals surface area contributed by atoms with Gasteiger partial charge in [-0.2, -0.15) is 5.10 Å². The smallest absolute Gasteiger partial charge is 0.228 e. The Morgan fingerprint density at radius 3 is 2.84 bits per heavy atom. The Morgan fingerprint density at radius 1 is 1.53 bits per heavy atom. The van der Waals surface area contributed by atoms with Gasteiger partial charge < -0.3 is 4.74 Å². The van der Waals surface area contributed by atoms with E-state index in [1.54, 1.807) is 10.9 Å². The fourth-order valence-electron chi connectivity index (χ4n) is 1.83. The maximum Gasteiger partial charge on any atom is 0.228 e. The number of nitrogens with zero attached hydrogens (tertiary/aromatic N) is 4. The van der Waals surface area contributed by atoms with Gasteiger partial charge in [0.05, 0.1) is 19.0 Å². The van der Waals surface area contributed by atoms with Crippen LogP contribution in [0.4, 0.5) is 0 Å². The number of methoxy groups -OCH3 is 1. The van der Waals surface area contributed by atoms with Gasteiger partial charge in [0, 0.05) is 6.54 Å². The van der Waals surface area contributed by atoms with Crippen molar-refractivity contribution in [3.63, 3.8) is 0 Å². The topological polar surface area (TPSA) is 69.9 Å². The molecule has 0 saturated heterocycles. The van der Waals surface area contributed by atoms with Crippen molar-refractivity contribution < 1.29 is 9.53 Å². The van der Waals surface area contributed by atoms with Crippen molar-refractivity contribution in [1.29, 1.82) is 0 Å². The number of aryl methyl sites for hydroxylation is 1. The molecule has 102 valence electrons. The zero-order valence-corrected chi connectivity index (χ0v) is 12.2. The van der Waals surface area contributed by atoms with Crippen molar-refractivity contribution in [2.75, 3.05) is 7.11 Å². The lowest BCUT2D eigenvalue weighted by Crippen LogP contribution is -2.12. The molecule has 7 heteroatoms. The van der Waals surface area contributed by atoms with Crippen LogP contribution in [-0.2, 0) is 6.54 Å². The molecule has 0 fully saturated rings. The van der Waals surface area contributed by atoms with Crippen LogP contribution in [-0.4, -0.2) is 32.3 Å². The van der Waals surface area contributed by atoms with E-state index in [2.05, 4.69) is 14.7 Å². The van der Waals surface area contributed by atoms with Crippen molar-refractivity contribution in [3.8, 4) is 5.75 Å². The van der Waals surface area contributed by atoms with Gasteiger partial charge in [0.15, 0.2) is 11.4 Å². The van der Waals surface area contributed by atoms with E-state index in [0.717, 1.165) is 17.2 Å². The van der Waals surface area contributed by atoms with E-state index in [1.165, 1.54) is 7.11 Å². The Hall–Kier alpha value is -1.76. The third-order valence-electron chi connectivity index (χ3n) is 2.81. The molecule has 2 heterocycles. The maximum absolute atomic E-state index is 12.6. The quantitative estimate of drug-likeness (QED) is 0.785. The van der Waals surface area contributed by atoms with Gasteiger partial charge in [0.25, 0.3) is 0 Å². The molecule has 0 amide bonds. The first kappa shape index (κ1) is 13.7. The van der Waals surface area contributed by atoms with Crippen molar-refractivity contribution in [2.24, 2.45) is 0 Å². The lowest BCUT2D eigenvalue weighted by atomic mass is 10.1. The number of aromatic nitrogens is 4. The summed E-state index contributed by atoms with van der Waals surface area (Å²) in [6.45, 7) is 6.51. The van der Waals surface area contributed by atoms with Gasteiger partial charge in [0.1, 0.15) is 4.88 Å². The number of hydrogen-bond acceptors (Lipinski definition) is 6. The van der Waals surface area contributed by atoms with Crippen LogP contribution in [0, 0.1) is 0 Å². The Morgan fingerprint density at radius 2 is 2.26 bits per heavy atom. The predicted molar refractivity (Wildman–Crippen MR) is 71.9 cm³/mol. The molecule has 0 N–H and O–H groups in total. The van der Waals surface area contributed by atoms with E-state index in [-0.39, 0.29) is 11.7 Å². The Balaban J connectivity index is 2.49. The first-order valence-electron chi connectivity index (χ1n) is 6.06. The number of rotatable bonds is 5. The molecular weight excluding hydrogens is 264 g/mol. The van der Waals surface area contributed by atoms with Crippen molar-refractivity contribution in [2.45, 2.75) is 33.2 Å². The molecule has 0 atom stereocenters. The van der Waals surface area contributed by atoms with Gasteiger partial charge in [-0.25, -0.2) is 0 Å². The van der Waals surface area contributed by atoms with E-state index >= 15 is 0 Å². The highest BCUT2D eigenvalue weighted by atomic mass is 32.1. The summed E-state index contributed by atoms with van der Waals surface area (Å²) in [6.07, 6.45) is 1.56. The van der Waals surface area contributed by atoms with Gasteiger partial charge in [-0.1, -0.05) is 18.3 Å². The minimum Gasteiger partial charge on any atom is -0.493 e. The summed E-state index contributed by atoms with van der Waals surface area (Å²) in [4.78, 5) is 13.2. The monoisotopic (exact) mass is 280 g/mol. The van der Waals surface area contributed by atoms with Crippen LogP contribution in [0.3, 0.4) is 0 Å². The minimum absolute atomic E-state index is 0.130. The van der Waals surface area contributed by atoms with Gasteiger partial charge in [0.2, 0.25) is 5.78 Å². The second kappa shape index (κ2) is 5.48. The summed E-state index contributed by atoms with van der Waals surface area (Å²) in [5, 5.41) is 8.18. The lowest BCUT2D eigenvalue weighted by Gasteiger charge is -2.07. The van der Waals surface area contributed by atoms with Crippen molar-refractivity contribution in [3.05, 3.63) is 22.5 Å². The fourth-order valence-corrected chi connectivity index (χ4v) is 2.59. The van der Waals surface area contributed by atoms with E-state index in [9.17, 15) is 4.79 Å². The predicted octanol–water partition coefficient (Wildman–Crippen LogP) is 2.12. The normalized spacial score (nSPS) is 11.0. The lowest BCUT2D eigenvalue weighted by molar-refractivity contribution is 0.102. The van der Waals surface area contributed by atoms with E-state index in [1.807, 2.05) is 20.8 Å². The van der Waals surface area contributed by atoms with Gasteiger partial charge in [-0.3, -0.25) is 9.48 Å². The van der Waals surface area contributed by atoms with Gasteiger partial charge in [-0.05, 0) is 24.4 Å². The van der Waals surface area contributed by atoms with Crippen molar-refractivity contribution in [1.82, 2.24) is 19.4 Å². The molecule has 19 heavy (non-hydrogen) atoms. The summed E-state index contributed by atoms with van der Waals surface area (Å²) >= 11 is 1.12. The number of ether oxygens (including phenoxy) is 1. The first-order chi connectivity index (χ1) is 9.10. The van der Waals surface area contributed by atoms with Gasteiger partial charge >= 0.3 is 0 Å². The van der Waals surface area contributed by atoms with Crippen LogP contribution in [0.1, 0.15) is 47.7 Å². The second-order valence-corrected chi connectivity index (χ2v) is 5.10. The molecule has 0 aliphatic rings. The zero-order chi connectivity index (χ0) is 14.0. The molecule has 0 unspecified atom stereocenters. The van der Waals surface area contributed by atoms with Crippen LogP contribution in [0.5, 0.6) is 5.75 Å². The third-order valence-corrected chi connectivity index (χ3v) is 3.55. The molecule has 0 saturated carbocycles. The molecule has 2 rings (SSSR count). The zero-order valence-electron chi connectivity index (χ0n) is 11.4. The molecule has 0 bridgehead atoms. The minimum atomic E-state index is -0.130. The molecule has 0 spiro atoms. The summed E-state index contributed by atoms with van der Waals surface area (Å²) in [5.41, 5.74) is 1.18. The van der Waals surface area contributed by atoms with Crippen molar-refractivity contribution >= 4 is 17.3 Å². The molecule has 0 aromatic carbocycles. The molecule has 0 aliphatic carbocycles. The largest absolute Gasteiger partial charge is 0.493 e. The number of carbonyl (C=O) groups is 1. The van der Waals surface area contributed by atoms with Crippen LogP contribution in [0.2, 0.25) is 0 Å².